The summed E-state index contributed by atoms with van der Waals surface area (Å²) in [5.41, 5.74) is 0.218. The van der Waals surface area contributed by atoms with E-state index in [1.165, 1.54) is 18.2 Å². The second-order valence-electron chi connectivity index (χ2n) is 2.88. The smallest absolute Gasteiger partial charge is 0.471 e. The highest BCUT2D eigenvalue weighted by molar-refractivity contribution is 5.56. The summed E-state index contributed by atoms with van der Waals surface area (Å²) in [7, 11) is 0. The van der Waals surface area contributed by atoms with Crippen LogP contribution >= 0.6 is 0 Å². The molecule has 0 atom stereocenters. The standard InChI is InChI=1S/C9H4F3N2O2/c10-9(11,12)8-13-7(14-16-8)5-2-1-3-6(15)4-5/h1-2,4,15H. The molecule has 2 rings (SSSR count). The number of hydrogen-bond acceptors (Lipinski definition) is 4. The van der Waals surface area contributed by atoms with Gasteiger partial charge in [-0.3, -0.25) is 0 Å². The van der Waals surface area contributed by atoms with Crippen LogP contribution in [0.4, 0.5) is 13.2 Å². The molecule has 0 aliphatic rings. The molecule has 83 valence electrons. The lowest BCUT2D eigenvalue weighted by Crippen LogP contribution is -2.04. The summed E-state index contributed by atoms with van der Waals surface area (Å²) in [5.74, 6) is -1.87. The zero-order valence-electron chi connectivity index (χ0n) is 7.62. The van der Waals surface area contributed by atoms with E-state index >= 15 is 0 Å². The molecule has 0 unspecified atom stereocenters. The van der Waals surface area contributed by atoms with Crippen LogP contribution in [0.1, 0.15) is 5.89 Å². The third kappa shape index (κ3) is 1.97. The Labute approximate surface area is 87.3 Å². The molecule has 16 heavy (non-hydrogen) atoms. The molecule has 1 heterocycles. The van der Waals surface area contributed by atoms with Crippen LogP contribution in [0.25, 0.3) is 11.4 Å². The topological polar surface area (TPSA) is 59.2 Å². The third-order valence-electron chi connectivity index (χ3n) is 1.71. The summed E-state index contributed by atoms with van der Waals surface area (Å²) in [6.07, 6.45) is -4.67. The monoisotopic (exact) mass is 229 g/mol. The minimum atomic E-state index is -4.67. The maximum absolute atomic E-state index is 12.1. The third-order valence-corrected chi connectivity index (χ3v) is 1.71. The van der Waals surface area contributed by atoms with E-state index < -0.39 is 12.1 Å². The molecule has 7 heteroatoms. The number of aromatic hydroxyl groups is 1. The van der Waals surface area contributed by atoms with Crippen molar-refractivity contribution >= 4 is 0 Å². The van der Waals surface area contributed by atoms with Crippen LogP contribution in [0.3, 0.4) is 0 Å². The van der Waals surface area contributed by atoms with Gasteiger partial charge in [-0.1, -0.05) is 11.2 Å². The molecule has 0 aliphatic carbocycles. The van der Waals surface area contributed by atoms with E-state index in [9.17, 15) is 13.2 Å². The normalized spacial score (nSPS) is 11.7. The highest BCUT2D eigenvalue weighted by atomic mass is 19.4. The van der Waals surface area contributed by atoms with Gasteiger partial charge in [0.15, 0.2) is 0 Å². The van der Waals surface area contributed by atoms with Crippen LogP contribution in [-0.4, -0.2) is 15.2 Å². The molecule has 4 nitrogen and oxygen atoms in total. The van der Waals surface area contributed by atoms with E-state index in [0.29, 0.717) is 0 Å². The molecular weight excluding hydrogens is 225 g/mol. The first-order chi connectivity index (χ1) is 7.47. The molecule has 1 N–H and O–H groups in total. The second-order valence-corrected chi connectivity index (χ2v) is 2.88. The first kappa shape index (κ1) is 10.5. The summed E-state index contributed by atoms with van der Waals surface area (Å²) in [6, 6.07) is 6.36. The van der Waals surface area contributed by atoms with Crippen molar-refractivity contribution in [3.8, 4) is 17.1 Å². The summed E-state index contributed by atoms with van der Waals surface area (Å²) in [4.78, 5) is 3.17. The lowest BCUT2D eigenvalue weighted by molar-refractivity contribution is -0.159. The molecule has 0 saturated carbocycles. The zero-order chi connectivity index (χ0) is 11.8. The number of phenols is 1. The number of hydrogen-bond donors (Lipinski definition) is 1. The lowest BCUT2D eigenvalue weighted by Gasteiger charge is -1.96. The van der Waals surface area contributed by atoms with Crippen molar-refractivity contribution in [1.29, 1.82) is 0 Å². The largest absolute Gasteiger partial charge is 0.507 e. The summed E-state index contributed by atoms with van der Waals surface area (Å²) in [6.45, 7) is 0. The number of benzene rings is 1. The first-order valence-corrected chi connectivity index (χ1v) is 4.09. The van der Waals surface area contributed by atoms with Gasteiger partial charge in [0.25, 0.3) is 0 Å². The van der Waals surface area contributed by atoms with E-state index in [4.69, 9.17) is 5.11 Å². The average molecular weight is 229 g/mol. The van der Waals surface area contributed by atoms with Crippen LogP contribution in [-0.2, 0) is 6.18 Å². The van der Waals surface area contributed by atoms with Gasteiger partial charge in [-0.25, -0.2) is 0 Å². The molecule has 0 bridgehead atoms. The average Bonchev–Trinajstić information content (AvgIpc) is 2.65. The van der Waals surface area contributed by atoms with Crippen molar-refractivity contribution in [3.63, 3.8) is 0 Å². The Morgan fingerprint density at radius 1 is 1.38 bits per heavy atom. The molecule has 0 saturated heterocycles. The van der Waals surface area contributed by atoms with Gasteiger partial charge in [0, 0.05) is 11.6 Å². The van der Waals surface area contributed by atoms with Gasteiger partial charge in [0.2, 0.25) is 5.82 Å². The summed E-state index contributed by atoms with van der Waals surface area (Å²) >= 11 is 0. The van der Waals surface area contributed by atoms with Crippen molar-refractivity contribution in [3.05, 3.63) is 30.2 Å². The first-order valence-electron chi connectivity index (χ1n) is 4.09. The van der Waals surface area contributed by atoms with Gasteiger partial charge in [-0.2, -0.15) is 18.2 Å². The number of phenolic OH excluding ortho intramolecular Hbond substituents is 1. The highest BCUT2D eigenvalue weighted by Gasteiger charge is 2.38. The Morgan fingerprint density at radius 3 is 2.69 bits per heavy atom. The van der Waals surface area contributed by atoms with Crippen molar-refractivity contribution < 1.29 is 22.8 Å². The van der Waals surface area contributed by atoms with E-state index in [-0.39, 0.29) is 17.1 Å². The minimum Gasteiger partial charge on any atom is -0.507 e. The predicted molar refractivity (Wildman–Crippen MR) is 45.2 cm³/mol. The van der Waals surface area contributed by atoms with Crippen molar-refractivity contribution in [2.75, 3.05) is 0 Å². The quantitative estimate of drug-likeness (QED) is 0.814. The van der Waals surface area contributed by atoms with E-state index in [1.807, 2.05) is 0 Å². The summed E-state index contributed by atoms with van der Waals surface area (Å²) in [5, 5.41) is 12.2. The molecule has 0 amide bonds. The maximum Gasteiger partial charge on any atom is 0.471 e. The number of alkyl halides is 3. The van der Waals surface area contributed by atoms with E-state index in [0.717, 1.165) is 0 Å². The highest BCUT2D eigenvalue weighted by Crippen LogP contribution is 2.29. The number of halogens is 3. The van der Waals surface area contributed by atoms with Crippen molar-refractivity contribution in [1.82, 2.24) is 10.1 Å². The van der Waals surface area contributed by atoms with Gasteiger partial charge in [0.05, 0.1) is 0 Å². The van der Waals surface area contributed by atoms with E-state index in [2.05, 4.69) is 20.7 Å². The maximum atomic E-state index is 12.1. The number of rotatable bonds is 1. The summed E-state index contributed by atoms with van der Waals surface area (Å²) < 4.78 is 40.5. The molecule has 1 radical (unpaired) electrons. The van der Waals surface area contributed by atoms with Gasteiger partial charge in [-0.05, 0) is 12.1 Å². The van der Waals surface area contributed by atoms with Crippen LogP contribution in [0, 0.1) is 6.07 Å². The van der Waals surface area contributed by atoms with Gasteiger partial charge >= 0.3 is 12.1 Å². The molecular formula is C9H4F3N2O2. The predicted octanol–water partition coefficient (Wildman–Crippen LogP) is 2.26. The van der Waals surface area contributed by atoms with Crippen molar-refractivity contribution in [2.24, 2.45) is 0 Å². The Morgan fingerprint density at radius 2 is 2.12 bits per heavy atom. The molecule has 0 fully saturated rings. The fourth-order valence-electron chi connectivity index (χ4n) is 1.05. The Kier molecular flexibility index (Phi) is 2.30. The van der Waals surface area contributed by atoms with Crippen LogP contribution in [0.5, 0.6) is 5.75 Å². The van der Waals surface area contributed by atoms with Gasteiger partial charge in [0.1, 0.15) is 5.75 Å². The van der Waals surface area contributed by atoms with E-state index in [1.54, 1.807) is 0 Å². The number of nitrogens with zero attached hydrogens (tertiary/aromatic N) is 2. The Bertz CT molecular complexity index is 507. The number of aromatic nitrogens is 2. The zero-order valence-corrected chi connectivity index (χ0v) is 7.62. The Hall–Kier alpha value is -2.05. The van der Waals surface area contributed by atoms with Crippen LogP contribution in [0.2, 0.25) is 0 Å². The molecule has 0 spiro atoms. The minimum absolute atomic E-state index is 0.212. The van der Waals surface area contributed by atoms with Crippen LogP contribution in [0.15, 0.2) is 22.7 Å². The van der Waals surface area contributed by atoms with Crippen molar-refractivity contribution in [2.45, 2.75) is 6.18 Å². The second kappa shape index (κ2) is 3.51. The Balaban J connectivity index is 2.39. The van der Waals surface area contributed by atoms with Gasteiger partial charge < -0.3 is 9.63 Å². The molecule has 0 aliphatic heterocycles. The SMILES string of the molecule is Oc1[c]ccc(-c2noc(C(F)(F)F)n2)c1. The molecule has 2 aromatic rings. The van der Waals surface area contributed by atoms with Gasteiger partial charge in [-0.15, -0.1) is 0 Å². The fourth-order valence-corrected chi connectivity index (χ4v) is 1.05. The van der Waals surface area contributed by atoms with Crippen LogP contribution < -0.4 is 0 Å². The molecule has 1 aromatic heterocycles. The lowest BCUT2D eigenvalue weighted by atomic mass is 10.2. The molecule has 1 aromatic carbocycles. The fraction of sp³-hybridized carbons (Fsp3) is 0.111.